The van der Waals surface area contributed by atoms with Crippen molar-refractivity contribution < 1.29 is 9.90 Å². The number of carbonyl (C=O) groups is 1. The van der Waals surface area contributed by atoms with E-state index in [9.17, 15) is 4.79 Å². The number of aryl methyl sites for hydroxylation is 1. The topological polar surface area (TPSA) is 62.2 Å². The van der Waals surface area contributed by atoms with Crippen molar-refractivity contribution in [1.29, 1.82) is 0 Å². The molecule has 1 aromatic heterocycles. The second-order valence-electron chi connectivity index (χ2n) is 5.66. The summed E-state index contributed by atoms with van der Waals surface area (Å²) in [5, 5.41) is 12.4. The molecule has 0 radical (unpaired) electrons. The molecule has 0 aliphatic heterocycles. The number of nitrogens with one attached hydrogen (secondary N) is 1. The second kappa shape index (κ2) is 6.55. The van der Waals surface area contributed by atoms with Gasteiger partial charge in [0.2, 0.25) is 0 Å². The van der Waals surface area contributed by atoms with E-state index >= 15 is 0 Å². The van der Waals surface area contributed by atoms with Crippen molar-refractivity contribution in [2.75, 3.05) is 11.9 Å². The Morgan fingerprint density at radius 1 is 1.37 bits per heavy atom. The number of pyridine rings is 1. The summed E-state index contributed by atoms with van der Waals surface area (Å²) in [6, 6.07) is 3.26. The Hall–Kier alpha value is -1.58. The van der Waals surface area contributed by atoms with E-state index in [1.165, 1.54) is 0 Å². The molecule has 0 amide bonds. The lowest BCUT2D eigenvalue weighted by Crippen LogP contribution is -2.22. The van der Waals surface area contributed by atoms with Crippen LogP contribution in [-0.2, 0) is 6.42 Å². The van der Waals surface area contributed by atoms with E-state index < -0.39 is 5.97 Å². The summed E-state index contributed by atoms with van der Waals surface area (Å²) in [4.78, 5) is 15.6. The van der Waals surface area contributed by atoms with Gasteiger partial charge in [0.1, 0.15) is 5.82 Å². The number of hydrogen-bond donors (Lipinski definition) is 2. The van der Waals surface area contributed by atoms with E-state index in [0.29, 0.717) is 11.4 Å². The SMILES string of the molecule is CCCc1cc(C(=O)O)cc(NCC(C)(C)CC)n1. The number of aromatic nitrogens is 1. The minimum Gasteiger partial charge on any atom is -0.478 e. The van der Waals surface area contributed by atoms with Gasteiger partial charge in [0.15, 0.2) is 0 Å². The standard InChI is InChI=1S/C15H24N2O2/c1-5-7-12-8-11(14(18)19)9-13(17-12)16-10-15(3,4)6-2/h8-9H,5-7,10H2,1-4H3,(H,16,17)(H,18,19). The third-order valence-corrected chi connectivity index (χ3v) is 3.34. The number of carboxylic acids is 1. The van der Waals surface area contributed by atoms with E-state index in [1.807, 2.05) is 0 Å². The molecule has 1 heterocycles. The molecule has 2 N–H and O–H groups in total. The van der Waals surface area contributed by atoms with Gasteiger partial charge in [0.25, 0.3) is 0 Å². The van der Waals surface area contributed by atoms with Crippen LogP contribution in [0.4, 0.5) is 5.82 Å². The van der Waals surface area contributed by atoms with Crippen LogP contribution in [0.5, 0.6) is 0 Å². The highest BCUT2D eigenvalue weighted by atomic mass is 16.4. The average Bonchev–Trinajstić information content (AvgIpc) is 2.37. The second-order valence-corrected chi connectivity index (χ2v) is 5.66. The number of hydrogen-bond acceptors (Lipinski definition) is 3. The van der Waals surface area contributed by atoms with Gasteiger partial charge in [-0.15, -0.1) is 0 Å². The van der Waals surface area contributed by atoms with Gasteiger partial charge in [0, 0.05) is 12.2 Å². The van der Waals surface area contributed by atoms with Gasteiger partial charge in [-0.3, -0.25) is 0 Å². The molecule has 0 saturated heterocycles. The van der Waals surface area contributed by atoms with Gasteiger partial charge in [0.05, 0.1) is 5.56 Å². The molecule has 0 aromatic carbocycles. The molecule has 0 saturated carbocycles. The fourth-order valence-corrected chi connectivity index (χ4v) is 1.64. The molecule has 0 atom stereocenters. The summed E-state index contributed by atoms with van der Waals surface area (Å²) in [6.07, 6.45) is 2.81. The molecule has 19 heavy (non-hydrogen) atoms. The van der Waals surface area contributed by atoms with E-state index in [1.54, 1.807) is 12.1 Å². The molecule has 4 nitrogen and oxygen atoms in total. The maximum atomic E-state index is 11.1. The highest BCUT2D eigenvalue weighted by Crippen LogP contribution is 2.21. The predicted octanol–water partition coefficient (Wildman–Crippen LogP) is 3.58. The summed E-state index contributed by atoms with van der Waals surface area (Å²) < 4.78 is 0. The van der Waals surface area contributed by atoms with Crippen LogP contribution in [0.3, 0.4) is 0 Å². The zero-order valence-electron chi connectivity index (χ0n) is 12.3. The van der Waals surface area contributed by atoms with E-state index in [2.05, 4.69) is 38.0 Å². The van der Waals surface area contributed by atoms with Gasteiger partial charge in [-0.1, -0.05) is 34.1 Å². The average molecular weight is 264 g/mol. The Labute approximate surface area is 115 Å². The molecule has 0 fully saturated rings. The van der Waals surface area contributed by atoms with E-state index in [4.69, 9.17) is 5.11 Å². The van der Waals surface area contributed by atoms with Crippen LogP contribution in [0, 0.1) is 5.41 Å². The van der Waals surface area contributed by atoms with Gasteiger partial charge >= 0.3 is 5.97 Å². The van der Waals surface area contributed by atoms with E-state index in [0.717, 1.165) is 31.5 Å². The fraction of sp³-hybridized carbons (Fsp3) is 0.600. The van der Waals surface area contributed by atoms with Gasteiger partial charge in [-0.2, -0.15) is 0 Å². The predicted molar refractivity (Wildman–Crippen MR) is 77.8 cm³/mol. The zero-order chi connectivity index (χ0) is 14.5. The third kappa shape index (κ3) is 4.89. The molecular formula is C15H24N2O2. The summed E-state index contributed by atoms with van der Waals surface area (Å²) in [5.41, 5.74) is 1.31. The first-order chi connectivity index (χ1) is 8.88. The number of aromatic carboxylic acids is 1. The first-order valence-corrected chi connectivity index (χ1v) is 6.86. The van der Waals surface area contributed by atoms with Crippen LogP contribution in [0.15, 0.2) is 12.1 Å². The lowest BCUT2D eigenvalue weighted by Gasteiger charge is -2.23. The minimum absolute atomic E-state index is 0.172. The quantitative estimate of drug-likeness (QED) is 0.790. The number of rotatable bonds is 7. The van der Waals surface area contributed by atoms with Crippen LogP contribution >= 0.6 is 0 Å². The highest BCUT2D eigenvalue weighted by Gasteiger charge is 2.15. The van der Waals surface area contributed by atoms with Crippen LogP contribution in [0.1, 0.15) is 56.6 Å². The van der Waals surface area contributed by atoms with Crippen molar-refractivity contribution >= 4 is 11.8 Å². The van der Waals surface area contributed by atoms with Crippen LogP contribution < -0.4 is 5.32 Å². The highest BCUT2D eigenvalue weighted by molar-refractivity contribution is 5.88. The van der Waals surface area contributed by atoms with Crippen molar-refractivity contribution in [3.05, 3.63) is 23.4 Å². The molecule has 0 spiro atoms. The number of carboxylic acid groups (broad SMARTS) is 1. The molecule has 0 aliphatic rings. The van der Waals surface area contributed by atoms with Crippen molar-refractivity contribution in [2.45, 2.75) is 47.0 Å². The first kappa shape index (κ1) is 15.5. The molecule has 1 aromatic rings. The first-order valence-electron chi connectivity index (χ1n) is 6.86. The van der Waals surface area contributed by atoms with Crippen LogP contribution in [-0.4, -0.2) is 22.6 Å². The molecule has 0 unspecified atom stereocenters. The van der Waals surface area contributed by atoms with E-state index in [-0.39, 0.29) is 5.41 Å². The van der Waals surface area contributed by atoms with Crippen molar-refractivity contribution in [3.8, 4) is 0 Å². The minimum atomic E-state index is -0.905. The fourth-order valence-electron chi connectivity index (χ4n) is 1.64. The Kier molecular flexibility index (Phi) is 5.33. The Balaban J connectivity index is 2.90. The maximum absolute atomic E-state index is 11.1. The molecule has 0 aliphatic carbocycles. The number of nitrogens with zero attached hydrogens (tertiary/aromatic N) is 1. The molecule has 0 bridgehead atoms. The van der Waals surface area contributed by atoms with Crippen LogP contribution in [0.25, 0.3) is 0 Å². The van der Waals surface area contributed by atoms with Gasteiger partial charge in [-0.05, 0) is 30.4 Å². The summed E-state index contributed by atoms with van der Waals surface area (Å²) in [5.74, 6) is -0.248. The van der Waals surface area contributed by atoms with Crippen molar-refractivity contribution in [3.63, 3.8) is 0 Å². The molecule has 106 valence electrons. The lowest BCUT2D eigenvalue weighted by molar-refractivity contribution is 0.0696. The molecule has 1 rings (SSSR count). The van der Waals surface area contributed by atoms with Crippen molar-refractivity contribution in [1.82, 2.24) is 4.98 Å². The summed E-state index contributed by atoms with van der Waals surface area (Å²) in [7, 11) is 0. The third-order valence-electron chi connectivity index (χ3n) is 3.34. The Morgan fingerprint density at radius 2 is 2.05 bits per heavy atom. The van der Waals surface area contributed by atoms with Gasteiger partial charge in [-0.25, -0.2) is 9.78 Å². The zero-order valence-corrected chi connectivity index (χ0v) is 12.3. The Bertz CT molecular complexity index is 442. The molecule has 4 heteroatoms. The summed E-state index contributed by atoms with van der Waals surface area (Å²) in [6.45, 7) is 9.33. The van der Waals surface area contributed by atoms with Gasteiger partial charge < -0.3 is 10.4 Å². The lowest BCUT2D eigenvalue weighted by atomic mass is 9.90. The van der Waals surface area contributed by atoms with Crippen LogP contribution in [0.2, 0.25) is 0 Å². The number of anilines is 1. The molecular weight excluding hydrogens is 240 g/mol. The summed E-state index contributed by atoms with van der Waals surface area (Å²) >= 11 is 0. The smallest absolute Gasteiger partial charge is 0.335 e. The largest absolute Gasteiger partial charge is 0.478 e. The monoisotopic (exact) mass is 264 g/mol. The Morgan fingerprint density at radius 3 is 2.58 bits per heavy atom. The maximum Gasteiger partial charge on any atom is 0.335 e. The normalized spacial score (nSPS) is 11.4. The van der Waals surface area contributed by atoms with Crippen molar-refractivity contribution in [2.24, 2.45) is 5.41 Å².